The summed E-state index contributed by atoms with van der Waals surface area (Å²) in [6.07, 6.45) is 0.443. The molecule has 7 nitrogen and oxygen atoms in total. The summed E-state index contributed by atoms with van der Waals surface area (Å²) >= 11 is 0. The van der Waals surface area contributed by atoms with Crippen LogP contribution < -0.4 is 14.4 Å². The fourth-order valence-electron chi connectivity index (χ4n) is 4.22. The first-order chi connectivity index (χ1) is 13.3. The highest BCUT2D eigenvalue weighted by atomic mass is 32.2. The third-order valence-electron chi connectivity index (χ3n) is 5.72. The van der Waals surface area contributed by atoms with Crippen LogP contribution in [0.2, 0.25) is 0 Å². The molecule has 1 fully saturated rings. The second-order valence-corrected chi connectivity index (χ2v) is 8.98. The van der Waals surface area contributed by atoms with Crippen molar-refractivity contribution >= 4 is 21.6 Å². The number of carbonyl (C=O) groups excluding carboxylic acids is 1. The predicted molar refractivity (Wildman–Crippen MR) is 104 cm³/mol. The monoisotopic (exact) mass is 402 g/mol. The highest BCUT2D eigenvalue weighted by Crippen LogP contribution is 2.48. The molecule has 0 radical (unpaired) electrons. The summed E-state index contributed by atoms with van der Waals surface area (Å²) in [5.74, 6) is 0.608. The molecule has 1 amide bonds. The Bertz CT molecular complexity index is 1050. The Morgan fingerprint density at radius 3 is 2.54 bits per heavy atom. The number of anilines is 1. The number of carbonyl (C=O) groups is 1. The summed E-state index contributed by atoms with van der Waals surface area (Å²) in [6, 6.07) is 12.2. The van der Waals surface area contributed by atoms with Gasteiger partial charge in [0, 0.05) is 31.9 Å². The van der Waals surface area contributed by atoms with Gasteiger partial charge in [0.25, 0.3) is 0 Å². The molecule has 2 heterocycles. The molecule has 0 saturated carbocycles. The summed E-state index contributed by atoms with van der Waals surface area (Å²) in [5.41, 5.74) is 0.883. The van der Waals surface area contributed by atoms with Gasteiger partial charge in [0.1, 0.15) is 16.4 Å². The summed E-state index contributed by atoms with van der Waals surface area (Å²) in [7, 11) is 0.779. The van der Waals surface area contributed by atoms with Crippen molar-refractivity contribution in [3.05, 3.63) is 48.0 Å². The number of rotatable bonds is 4. The van der Waals surface area contributed by atoms with Gasteiger partial charge in [-0.15, -0.1) is 0 Å². The Hall–Kier alpha value is -2.58. The SMILES string of the molecule is COc1ccc(OC)c(S(=O)(=O)N2CC[C@@]3(C2)C(=O)N(C)c2ccccc23)c1. The summed E-state index contributed by atoms with van der Waals surface area (Å²) in [5, 5.41) is 0. The zero-order valence-electron chi connectivity index (χ0n) is 16.0. The maximum atomic E-state index is 13.4. The summed E-state index contributed by atoms with van der Waals surface area (Å²) in [4.78, 5) is 14.7. The topological polar surface area (TPSA) is 76.1 Å². The molecule has 1 spiro atoms. The minimum atomic E-state index is -3.86. The normalized spacial score (nSPS) is 22.0. The number of likely N-dealkylation sites (N-methyl/N-ethyl adjacent to an activating group) is 1. The highest BCUT2D eigenvalue weighted by molar-refractivity contribution is 7.89. The van der Waals surface area contributed by atoms with Gasteiger partial charge in [-0.2, -0.15) is 4.31 Å². The van der Waals surface area contributed by atoms with Crippen LogP contribution in [-0.4, -0.2) is 53.0 Å². The van der Waals surface area contributed by atoms with Crippen LogP contribution in [0.1, 0.15) is 12.0 Å². The van der Waals surface area contributed by atoms with E-state index in [2.05, 4.69) is 0 Å². The molecule has 28 heavy (non-hydrogen) atoms. The molecular weight excluding hydrogens is 380 g/mol. The van der Waals surface area contributed by atoms with Crippen LogP contribution in [-0.2, 0) is 20.2 Å². The van der Waals surface area contributed by atoms with Crippen LogP contribution in [0.3, 0.4) is 0 Å². The van der Waals surface area contributed by atoms with Gasteiger partial charge in [0.2, 0.25) is 15.9 Å². The van der Waals surface area contributed by atoms with Crippen molar-refractivity contribution in [3.8, 4) is 11.5 Å². The fraction of sp³-hybridized carbons (Fsp3) is 0.350. The van der Waals surface area contributed by atoms with Crippen molar-refractivity contribution in [2.75, 3.05) is 39.3 Å². The van der Waals surface area contributed by atoms with E-state index in [0.29, 0.717) is 12.2 Å². The number of fused-ring (bicyclic) bond motifs is 2. The Balaban J connectivity index is 1.75. The third kappa shape index (κ3) is 2.51. The Morgan fingerprint density at radius 2 is 1.82 bits per heavy atom. The van der Waals surface area contributed by atoms with Crippen LogP contribution in [0.15, 0.2) is 47.4 Å². The van der Waals surface area contributed by atoms with Gasteiger partial charge in [-0.3, -0.25) is 4.79 Å². The molecular formula is C20H22N2O5S. The Morgan fingerprint density at radius 1 is 1.07 bits per heavy atom. The maximum absolute atomic E-state index is 13.4. The van der Waals surface area contributed by atoms with E-state index in [9.17, 15) is 13.2 Å². The average Bonchev–Trinajstić information content (AvgIpc) is 3.26. The van der Waals surface area contributed by atoms with E-state index >= 15 is 0 Å². The molecule has 0 N–H and O–H groups in total. The van der Waals surface area contributed by atoms with Crippen molar-refractivity contribution in [2.45, 2.75) is 16.7 Å². The molecule has 4 rings (SSSR count). The van der Waals surface area contributed by atoms with Crippen molar-refractivity contribution in [1.82, 2.24) is 4.31 Å². The van der Waals surface area contributed by atoms with Gasteiger partial charge in [-0.1, -0.05) is 18.2 Å². The first-order valence-electron chi connectivity index (χ1n) is 8.95. The first-order valence-corrected chi connectivity index (χ1v) is 10.4. The number of para-hydroxylation sites is 1. The lowest BCUT2D eigenvalue weighted by atomic mass is 9.81. The van der Waals surface area contributed by atoms with E-state index in [4.69, 9.17) is 9.47 Å². The molecule has 2 aromatic rings. The number of nitrogens with zero attached hydrogens (tertiary/aromatic N) is 2. The number of ether oxygens (including phenoxy) is 2. The molecule has 2 aliphatic heterocycles. The van der Waals surface area contributed by atoms with Gasteiger partial charge >= 0.3 is 0 Å². The predicted octanol–water partition coefficient (Wildman–Crippen LogP) is 2.01. The van der Waals surface area contributed by atoms with Crippen molar-refractivity contribution < 1.29 is 22.7 Å². The zero-order chi connectivity index (χ0) is 20.1. The third-order valence-corrected chi connectivity index (χ3v) is 7.58. The Labute approximate surface area is 164 Å². The molecule has 0 bridgehead atoms. The fourth-order valence-corrected chi connectivity index (χ4v) is 5.89. The quantitative estimate of drug-likeness (QED) is 0.782. The lowest BCUT2D eigenvalue weighted by molar-refractivity contribution is -0.122. The lowest BCUT2D eigenvalue weighted by Crippen LogP contribution is -2.42. The maximum Gasteiger partial charge on any atom is 0.246 e. The van der Waals surface area contributed by atoms with Gasteiger partial charge in [0.15, 0.2) is 0 Å². The minimum absolute atomic E-state index is 0.0403. The van der Waals surface area contributed by atoms with Gasteiger partial charge in [-0.05, 0) is 30.2 Å². The van der Waals surface area contributed by atoms with Crippen molar-refractivity contribution in [1.29, 1.82) is 0 Å². The molecule has 8 heteroatoms. The number of benzene rings is 2. The molecule has 2 aromatic carbocycles. The lowest BCUT2D eigenvalue weighted by Gasteiger charge is -2.24. The largest absolute Gasteiger partial charge is 0.497 e. The minimum Gasteiger partial charge on any atom is -0.497 e. The van der Waals surface area contributed by atoms with E-state index in [1.54, 1.807) is 24.1 Å². The molecule has 0 unspecified atom stereocenters. The average molecular weight is 402 g/mol. The standard InChI is InChI=1S/C20H22N2O5S/c1-21-16-7-5-4-6-15(16)20(19(21)23)10-11-22(13-20)28(24,25)18-12-14(26-2)8-9-17(18)27-3/h4-9,12H,10-11,13H2,1-3H3/t20-/m0/s1. The number of hydrogen-bond donors (Lipinski definition) is 0. The second kappa shape index (κ2) is 6.49. The van der Waals surface area contributed by atoms with Crippen molar-refractivity contribution in [2.24, 2.45) is 0 Å². The van der Waals surface area contributed by atoms with E-state index in [1.807, 2.05) is 24.3 Å². The highest BCUT2D eigenvalue weighted by Gasteiger charge is 2.55. The Kier molecular flexibility index (Phi) is 4.35. The molecule has 2 aliphatic rings. The van der Waals surface area contributed by atoms with E-state index < -0.39 is 15.4 Å². The number of methoxy groups -OCH3 is 2. The zero-order valence-corrected chi connectivity index (χ0v) is 16.8. The second-order valence-electron chi connectivity index (χ2n) is 7.07. The van der Waals surface area contributed by atoms with E-state index in [0.717, 1.165) is 11.3 Å². The molecule has 1 saturated heterocycles. The van der Waals surface area contributed by atoms with Crippen LogP contribution in [0.5, 0.6) is 11.5 Å². The summed E-state index contributed by atoms with van der Waals surface area (Å²) in [6.45, 7) is 0.368. The van der Waals surface area contributed by atoms with Gasteiger partial charge in [-0.25, -0.2) is 8.42 Å². The molecule has 0 aliphatic carbocycles. The van der Waals surface area contributed by atoms with Crippen LogP contribution in [0.25, 0.3) is 0 Å². The smallest absolute Gasteiger partial charge is 0.246 e. The van der Waals surface area contributed by atoms with Crippen LogP contribution in [0.4, 0.5) is 5.69 Å². The van der Waals surface area contributed by atoms with E-state index in [1.165, 1.54) is 24.6 Å². The summed E-state index contributed by atoms with van der Waals surface area (Å²) < 4.78 is 38.6. The van der Waals surface area contributed by atoms with Crippen LogP contribution >= 0.6 is 0 Å². The number of hydrogen-bond acceptors (Lipinski definition) is 5. The molecule has 1 atom stereocenters. The van der Waals surface area contributed by atoms with Gasteiger partial charge < -0.3 is 14.4 Å². The molecule has 0 aromatic heterocycles. The molecule has 148 valence electrons. The van der Waals surface area contributed by atoms with E-state index in [-0.39, 0.29) is 29.6 Å². The first kappa shape index (κ1) is 18.8. The van der Waals surface area contributed by atoms with Gasteiger partial charge in [0.05, 0.1) is 19.6 Å². The van der Waals surface area contributed by atoms with Crippen molar-refractivity contribution in [3.63, 3.8) is 0 Å². The number of sulfonamides is 1. The van der Waals surface area contributed by atoms with Crippen LogP contribution in [0, 0.1) is 0 Å². The number of amides is 1.